The van der Waals surface area contributed by atoms with Crippen molar-refractivity contribution in [2.24, 2.45) is 0 Å². The average molecular weight is 404 g/mol. The molecule has 27 heavy (non-hydrogen) atoms. The Morgan fingerprint density at radius 2 is 2.15 bits per heavy atom. The Morgan fingerprint density at radius 3 is 2.93 bits per heavy atom. The lowest BCUT2D eigenvalue weighted by molar-refractivity contribution is 0.142. The van der Waals surface area contributed by atoms with Crippen LogP contribution in [0.1, 0.15) is 23.4 Å². The van der Waals surface area contributed by atoms with Gasteiger partial charge in [0.2, 0.25) is 0 Å². The van der Waals surface area contributed by atoms with E-state index in [1.807, 2.05) is 23.5 Å². The van der Waals surface area contributed by atoms with E-state index >= 15 is 0 Å². The SMILES string of the molecule is COc1ccc(-c2nn(CN3CCc4sccc4[C@H]3C)c(=S)o2)c(OC)c1. The van der Waals surface area contributed by atoms with E-state index in [2.05, 4.69) is 28.4 Å². The molecule has 0 spiro atoms. The highest BCUT2D eigenvalue weighted by Crippen LogP contribution is 2.34. The first-order chi connectivity index (χ1) is 13.1. The Hall–Kier alpha value is -2.16. The van der Waals surface area contributed by atoms with E-state index in [9.17, 15) is 0 Å². The number of rotatable bonds is 5. The molecule has 3 heterocycles. The van der Waals surface area contributed by atoms with E-state index in [0.717, 1.165) is 18.5 Å². The summed E-state index contributed by atoms with van der Waals surface area (Å²) in [6.45, 7) is 3.80. The van der Waals surface area contributed by atoms with Gasteiger partial charge < -0.3 is 13.9 Å². The first kappa shape index (κ1) is 18.2. The Balaban J connectivity index is 1.60. The molecule has 0 saturated carbocycles. The Kier molecular flexibility index (Phi) is 5.03. The zero-order valence-corrected chi connectivity index (χ0v) is 17.1. The maximum absolute atomic E-state index is 5.77. The van der Waals surface area contributed by atoms with Crippen LogP contribution in [0.4, 0.5) is 0 Å². The number of methoxy groups -OCH3 is 2. The summed E-state index contributed by atoms with van der Waals surface area (Å²) in [5, 5.41) is 6.77. The van der Waals surface area contributed by atoms with Crippen LogP contribution in [0.15, 0.2) is 34.1 Å². The van der Waals surface area contributed by atoms with Crippen LogP contribution in [0, 0.1) is 4.84 Å². The molecule has 1 aliphatic heterocycles. The molecule has 0 aliphatic carbocycles. The highest BCUT2D eigenvalue weighted by Gasteiger charge is 2.26. The van der Waals surface area contributed by atoms with Gasteiger partial charge in [0.1, 0.15) is 11.5 Å². The smallest absolute Gasteiger partial charge is 0.288 e. The summed E-state index contributed by atoms with van der Waals surface area (Å²) in [6.07, 6.45) is 1.06. The summed E-state index contributed by atoms with van der Waals surface area (Å²) in [7, 11) is 3.23. The topological polar surface area (TPSA) is 52.7 Å². The zero-order valence-electron chi connectivity index (χ0n) is 15.5. The fourth-order valence-corrected chi connectivity index (χ4v) is 4.55. The Bertz CT molecular complexity index is 1010. The lowest BCUT2D eigenvalue weighted by atomic mass is 10.0. The van der Waals surface area contributed by atoms with Gasteiger partial charge in [0.05, 0.1) is 26.5 Å². The Morgan fingerprint density at radius 1 is 1.30 bits per heavy atom. The normalized spacial score (nSPS) is 16.9. The first-order valence-electron chi connectivity index (χ1n) is 8.71. The third kappa shape index (κ3) is 3.40. The van der Waals surface area contributed by atoms with Gasteiger partial charge in [0.25, 0.3) is 10.7 Å². The highest BCUT2D eigenvalue weighted by molar-refractivity contribution is 7.71. The standard InChI is InChI=1S/C19H21N3O3S2/c1-12-14-7-9-27-17(14)6-8-21(12)11-22-19(26)25-18(20-22)15-5-4-13(23-2)10-16(15)24-3/h4-5,7,9-10,12H,6,8,11H2,1-3H3/t12-/m1/s1. The summed E-state index contributed by atoms with van der Waals surface area (Å²) >= 11 is 7.25. The summed E-state index contributed by atoms with van der Waals surface area (Å²) in [5.41, 5.74) is 2.15. The van der Waals surface area contributed by atoms with Crippen molar-refractivity contribution in [2.75, 3.05) is 20.8 Å². The molecule has 142 valence electrons. The highest BCUT2D eigenvalue weighted by atomic mass is 32.1. The molecule has 1 atom stereocenters. The number of ether oxygens (including phenoxy) is 2. The van der Waals surface area contributed by atoms with Crippen LogP contribution >= 0.6 is 23.6 Å². The third-order valence-corrected chi connectivity index (χ3v) is 6.26. The lowest BCUT2D eigenvalue weighted by Crippen LogP contribution is -2.35. The molecule has 8 heteroatoms. The van der Waals surface area contributed by atoms with Crippen molar-refractivity contribution in [1.82, 2.24) is 14.7 Å². The number of aromatic nitrogens is 2. The van der Waals surface area contributed by atoms with Crippen LogP contribution in [-0.4, -0.2) is 35.4 Å². The number of nitrogens with zero attached hydrogens (tertiary/aromatic N) is 3. The molecule has 1 aromatic carbocycles. The van der Waals surface area contributed by atoms with E-state index in [-0.39, 0.29) is 0 Å². The van der Waals surface area contributed by atoms with Crippen molar-refractivity contribution >= 4 is 23.6 Å². The quantitative estimate of drug-likeness (QED) is 0.584. The van der Waals surface area contributed by atoms with Crippen molar-refractivity contribution in [3.63, 3.8) is 0 Å². The molecule has 0 bridgehead atoms. The van der Waals surface area contributed by atoms with Crippen molar-refractivity contribution < 1.29 is 13.9 Å². The van der Waals surface area contributed by atoms with Crippen LogP contribution in [0.3, 0.4) is 0 Å². The van der Waals surface area contributed by atoms with Gasteiger partial charge in [-0.2, -0.15) is 0 Å². The summed E-state index contributed by atoms with van der Waals surface area (Å²) in [4.78, 5) is 4.19. The van der Waals surface area contributed by atoms with E-state index in [4.69, 9.17) is 26.1 Å². The predicted octanol–water partition coefficient (Wildman–Crippen LogP) is 4.53. The van der Waals surface area contributed by atoms with Crippen LogP contribution in [-0.2, 0) is 13.1 Å². The minimum Gasteiger partial charge on any atom is -0.497 e. The van der Waals surface area contributed by atoms with Gasteiger partial charge in [-0.15, -0.1) is 16.4 Å². The maximum atomic E-state index is 5.77. The molecule has 4 rings (SSSR count). The molecule has 0 fully saturated rings. The molecule has 3 aromatic rings. The largest absolute Gasteiger partial charge is 0.497 e. The number of fused-ring (bicyclic) bond motifs is 1. The zero-order chi connectivity index (χ0) is 19.0. The summed E-state index contributed by atoms with van der Waals surface area (Å²) in [5.74, 6) is 1.79. The molecule has 0 radical (unpaired) electrons. The monoisotopic (exact) mass is 403 g/mol. The van der Waals surface area contributed by atoms with Crippen molar-refractivity contribution in [3.8, 4) is 23.0 Å². The van der Waals surface area contributed by atoms with Crippen molar-refractivity contribution in [3.05, 3.63) is 44.9 Å². The number of thiophene rings is 1. The number of hydrogen-bond acceptors (Lipinski definition) is 7. The molecule has 6 nitrogen and oxygen atoms in total. The third-order valence-electron chi connectivity index (χ3n) is 4.96. The molecular weight excluding hydrogens is 382 g/mol. The second kappa shape index (κ2) is 7.46. The van der Waals surface area contributed by atoms with Gasteiger partial charge in [-0.05, 0) is 54.7 Å². The van der Waals surface area contributed by atoms with E-state index in [1.165, 1.54) is 10.4 Å². The van der Waals surface area contributed by atoms with E-state index < -0.39 is 0 Å². The van der Waals surface area contributed by atoms with Gasteiger partial charge in [0, 0.05) is 23.5 Å². The lowest BCUT2D eigenvalue weighted by Gasteiger charge is -2.32. The predicted molar refractivity (Wildman–Crippen MR) is 107 cm³/mol. The number of benzene rings is 1. The molecule has 1 aliphatic rings. The van der Waals surface area contributed by atoms with Crippen LogP contribution in [0.25, 0.3) is 11.5 Å². The average Bonchev–Trinajstić information content (AvgIpc) is 3.30. The van der Waals surface area contributed by atoms with Gasteiger partial charge in [-0.25, -0.2) is 4.68 Å². The molecule has 0 N–H and O–H groups in total. The van der Waals surface area contributed by atoms with E-state index in [1.54, 1.807) is 25.0 Å². The molecule has 0 amide bonds. The molecule has 2 aromatic heterocycles. The van der Waals surface area contributed by atoms with Gasteiger partial charge >= 0.3 is 0 Å². The van der Waals surface area contributed by atoms with Gasteiger partial charge in [0.15, 0.2) is 0 Å². The van der Waals surface area contributed by atoms with Gasteiger partial charge in [-0.3, -0.25) is 4.90 Å². The summed E-state index contributed by atoms with van der Waals surface area (Å²) < 4.78 is 18.2. The Labute approximate surface area is 166 Å². The molecule has 0 unspecified atom stereocenters. The van der Waals surface area contributed by atoms with Crippen LogP contribution in [0.2, 0.25) is 0 Å². The molecule has 0 saturated heterocycles. The van der Waals surface area contributed by atoms with Gasteiger partial charge in [-0.1, -0.05) is 0 Å². The van der Waals surface area contributed by atoms with Crippen molar-refractivity contribution in [2.45, 2.75) is 26.1 Å². The number of hydrogen-bond donors (Lipinski definition) is 0. The minimum absolute atomic E-state index is 0.331. The second-order valence-electron chi connectivity index (χ2n) is 6.42. The van der Waals surface area contributed by atoms with Crippen molar-refractivity contribution in [1.29, 1.82) is 0 Å². The summed E-state index contributed by atoms with van der Waals surface area (Å²) in [6, 6.07) is 8.06. The second-order valence-corrected chi connectivity index (χ2v) is 7.77. The van der Waals surface area contributed by atoms with E-state index in [0.29, 0.717) is 34.9 Å². The fourth-order valence-electron chi connectivity index (χ4n) is 3.41. The fraction of sp³-hybridized carbons (Fsp3) is 0.368. The maximum Gasteiger partial charge on any atom is 0.288 e. The van der Waals surface area contributed by atoms with Crippen LogP contribution < -0.4 is 9.47 Å². The first-order valence-corrected chi connectivity index (χ1v) is 10.00. The minimum atomic E-state index is 0.331. The molecular formula is C19H21N3O3S2. The van der Waals surface area contributed by atoms with Crippen LogP contribution in [0.5, 0.6) is 11.5 Å².